The number of nitrogens with zero attached hydrogens (tertiary/aromatic N) is 1. The molecule has 0 aliphatic heterocycles. The molecule has 0 unspecified atom stereocenters. The van der Waals surface area contributed by atoms with Crippen LogP contribution in [0.5, 0.6) is 5.75 Å². The molecule has 1 amide bonds. The summed E-state index contributed by atoms with van der Waals surface area (Å²) < 4.78 is 10.5. The molecule has 7 heteroatoms. The smallest absolute Gasteiger partial charge is 0.407 e. The monoisotopic (exact) mass is 364 g/mol. The van der Waals surface area contributed by atoms with Crippen LogP contribution in [-0.2, 0) is 11.2 Å². The van der Waals surface area contributed by atoms with Gasteiger partial charge in [-0.2, -0.15) is 0 Å². The van der Waals surface area contributed by atoms with Crippen LogP contribution in [0.15, 0.2) is 29.3 Å². The van der Waals surface area contributed by atoms with E-state index in [0.717, 1.165) is 24.3 Å². The maximum Gasteiger partial charge on any atom is 0.407 e. The number of guanidine groups is 1. The molecule has 0 radical (unpaired) electrons. The minimum atomic E-state index is -0.494. The summed E-state index contributed by atoms with van der Waals surface area (Å²) in [6, 6.07) is 7.94. The highest BCUT2D eigenvalue weighted by molar-refractivity contribution is 5.79. The van der Waals surface area contributed by atoms with Crippen molar-refractivity contribution in [3.05, 3.63) is 29.8 Å². The first-order valence-corrected chi connectivity index (χ1v) is 8.96. The summed E-state index contributed by atoms with van der Waals surface area (Å²) in [6.07, 6.45) is 0.369. The number of amides is 1. The van der Waals surface area contributed by atoms with E-state index in [1.54, 1.807) is 7.11 Å². The Balaban J connectivity index is 2.40. The Morgan fingerprint density at radius 3 is 2.46 bits per heavy atom. The van der Waals surface area contributed by atoms with E-state index in [1.165, 1.54) is 0 Å². The van der Waals surface area contributed by atoms with Crippen LogP contribution in [0.3, 0.4) is 0 Å². The number of methoxy groups -OCH3 is 1. The van der Waals surface area contributed by atoms with Crippen molar-refractivity contribution in [1.82, 2.24) is 16.0 Å². The van der Waals surface area contributed by atoms with Gasteiger partial charge in [-0.3, -0.25) is 4.99 Å². The minimum Gasteiger partial charge on any atom is -0.496 e. The second-order valence-electron chi connectivity index (χ2n) is 6.68. The van der Waals surface area contributed by atoms with E-state index in [1.807, 2.05) is 52.0 Å². The number of ether oxygens (including phenoxy) is 2. The molecule has 3 N–H and O–H groups in total. The first-order valence-electron chi connectivity index (χ1n) is 8.96. The number of hydrogen-bond acceptors (Lipinski definition) is 4. The van der Waals surface area contributed by atoms with Gasteiger partial charge in [0.15, 0.2) is 5.96 Å². The van der Waals surface area contributed by atoms with Gasteiger partial charge in [0.2, 0.25) is 0 Å². The maximum atomic E-state index is 11.6. The van der Waals surface area contributed by atoms with Crippen LogP contribution in [0.1, 0.15) is 33.3 Å². The summed E-state index contributed by atoms with van der Waals surface area (Å²) >= 11 is 0. The van der Waals surface area contributed by atoms with E-state index in [2.05, 4.69) is 20.9 Å². The SMILES string of the molecule is CCNC(=NCCc1ccccc1OC)NCCNC(=O)OC(C)(C)C. The lowest BCUT2D eigenvalue weighted by atomic mass is 10.1. The lowest BCUT2D eigenvalue weighted by molar-refractivity contribution is 0.0529. The number of para-hydroxylation sites is 1. The van der Waals surface area contributed by atoms with Crippen molar-refractivity contribution in [2.75, 3.05) is 33.3 Å². The molecular weight excluding hydrogens is 332 g/mol. The molecule has 0 saturated carbocycles. The van der Waals surface area contributed by atoms with Crippen LogP contribution < -0.4 is 20.7 Å². The highest BCUT2D eigenvalue weighted by Crippen LogP contribution is 2.17. The normalized spacial score (nSPS) is 11.7. The largest absolute Gasteiger partial charge is 0.496 e. The number of hydrogen-bond donors (Lipinski definition) is 3. The summed E-state index contributed by atoms with van der Waals surface area (Å²) in [5.41, 5.74) is 0.632. The Labute approximate surface area is 156 Å². The zero-order chi connectivity index (χ0) is 19.4. The topological polar surface area (TPSA) is 84.0 Å². The van der Waals surface area contributed by atoms with Crippen LogP contribution in [-0.4, -0.2) is 50.9 Å². The fraction of sp³-hybridized carbons (Fsp3) is 0.579. The van der Waals surface area contributed by atoms with Crippen molar-refractivity contribution in [1.29, 1.82) is 0 Å². The first kappa shape index (κ1) is 21.6. The number of rotatable bonds is 8. The summed E-state index contributed by atoms with van der Waals surface area (Å²) in [4.78, 5) is 16.2. The van der Waals surface area contributed by atoms with E-state index in [-0.39, 0.29) is 0 Å². The van der Waals surface area contributed by atoms with Crippen LogP contribution in [0.25, 0.3) is 0 Å². The first-order chi connectivity index (χ1) is 12.4. The van der Waals surface area contributed by atoms with Gasteiger partial charge in [-0.05, 0) is 45.7 Å². The van der Waals surface area contributed by atoms with Crippen LogP contribution in [0.4, 0.5) is 4.79 Å². The molecular formula is C19H32N4O3. The van der Waals surface area contributed by atoms with Crippen LogP contribution >= 0.6 is 0 Å². The quantitative estimate of drug-likeness (QED) is 0.375. The third-order valence-corrected chi connectivity index (χ3v) is 3.27. The standard InChI is InChI=1S/C19H32N4O3/c1-6-20-17(22-13-14-23-18(24)26-19(2,3)4)21-12-11-15-9-7-8-10-16(15)25-5/h7-10H,6,11-14H2,1-5H3,(H,23,24)(H2,20,21,22). The molecule has 26 heavy (non-hydrogen) atoms. The zero-order valence-corrected chi connectivity index (χ0v) is 16.5. The van der Waals surface area contributed by atoms with Gasteiger partial charge in [0.05, 0.1) is 7.11 Å². The molecule has 7 nitrogen and oxygen atoms in total. The number of aliphatic imine (C=N–C) groups is 1. The molecule has 1 aromatic carbocycles. The van der Waals surface area contributed by atoms with Gasteiger partial charge in [0.25, 0.3) is 0 Å². The summed E-state index contributed by atoms with van der Waals surface area (Å²) in [7, 11) is 1.67. The lowest BCUT2D eigenvalue weighted by Gasteiger charge is -2.19. The highest BCUT2D eigenvalue weighted by atomic mass is 16.6. The molecule has 0 bridgehead atoms. The van der Waals surface area contributed by atoms with E-state index >= 15 is 0 Å². The average Bonchev–Trinajstić information content (AvgIpc) is 2.57. The van der Waals surface area contributed by atoms with Crippen molar-refractivity contribution < 1.29 is 14.3 Å². The minimum absolute atomic E-state index is 0.419. The van der Waals surface area contributed by atoms with Crippen LogP contribution in [0.2, 0.25) is 0 Å². The number of nitrogens with one attached hydrogen (secondary N) is 3. The molecule has 146 valence electrons. The summed E-state index contributed by atoms with van der Waals surface area (Å²) in [6.45, 7) is 9.92. The van der Waals surface area contributed by atoms with E-state index in [0.29, 0.717) is 25.6 Å². The van der Waals surface area contributed by atoms with Crippen molar-refractivity contribution in [2.24, 2.45) is 4.99 Å². The molecule has 0 fully saturated rings. The fourth-order valence-corrected chi connectivity index (χ4v) is 2.20. The van der Waals surface area contributed by atoms with Gasteiger partial charge in [-0.25, -0.2) is 4.79 Å². The van der Waals surface area contributed by atoms with Crippen LogP contribution in [0, 0.1) is 0 Å². The average molecular weight is 364 g/mol. The molecule has 1 rings (SSSR count). The van der Waals surface area contributed by atoms with E-state index < -0.39 is 11.7 Å². The predicted molar refractivity (Wildman–Crippen MR) is 105 cm³/mol. The Bertz CT molecular complexity index is 582. The third-order valence-electron chi connectivity index (χ3n) is 3.27. The van der Waals surface area contributed by atoms with Gasteiger partial charge < -0.3 is 25.4 Å². The van der Waals surface area contributed by atoms with Gasteiger partial charge in [0.1, 0.15) is 11.4 Å². The predicted octanol–water partition coefficient (Wildman–Crippen LogP) is 2.32. The number of benzene rings is 1. The van der Waals surface area contributed by atoms with Gasteiger partial charge >= 0.3 is 6.09 Å². The second-order valence-corrected chi connectivity index (χ2v) is 6.68. The molecule has 0 spiro atoms. The molecule has 1 aromatic rings. The van der Waals surface area contributed by atoms with E-state index in [4.69, 9.17) is 9.47 Å². The molecule has 0 aliphatic rings. The number of alkyl carbamates (subject to hydrolysis) is 1. The molecule has 0 aromatic heterocycles. The van der Waals surface area contributed by atoms with Crippen molar-refractivity contribution in [3.8, 4) is 5.75 Å². The molecule has 0 saturated heterocycles. The van der Waals surface area contributed by atoms with Gasteiger partial charge in [0, 0.05) is 26.2 Å². The summed E-state index contributed by atoms with van der Waals surface area (Å²) in [5, 5.41) is 9.09. The second kappa shape index (κ2) is 11.2. The van der Waals surface area contributed by atoms with Gasteiger partial charge in [-0.15, -0.1) is 0 Å². The van der Waals surface area contributed by atoms with E-state index in [9.17, 15) is 4.79 Å². The van der Waals surface area contributed by atoms with Crippen molar-refractivity contribution >= 4 is 12.1 Å². The third kappa shape index (κ3) is 9.15. The maximum absolute atomic E-state index is 11.6. The Morgan fingerprint density at radius 1 is 1.12 bits per heavy atom. The molecule has 0 heterocycles. The Morgan fingerprint density at radius 2 is 1.81 bits per heavy atom. The van der Waals surface area contributed by atoms with Crippen molar-refractivity contribution in [3.63, 3.8) is 0 Å². The Kier molecular flexibility index (Phi) is 9.33. The Hall–Kier alpha value is -2.44. The zero-order valence-electron chi connectivity index (χ0n) is 16.5. The summed E-state index contributed by atoms with van der Waals surface area (Å²) in [5.74, 6) is 1.59. The lowest BCUT2D eigenvalue weighted by Crippen LogP contribution is -2.42. The van der Waals surface area contributed by atoms with Crippen molar-refractivity contribution in [2.45, 2.75) is 39.7 Å². The number of carbonyl (C=O) groups excluding carboxylic acids is 1. The number of carbonyl (C=O) groups is 1. The fourth-order valence-electron chi connectivity index (χ4n) is 2.20. The molecule has 0 atom stereocenters. The molecule has 0 aliphatic carbocycles. The highest BCUT2D eigenvalue weighted by Gasteiger charge is 2.15. The van der Waals surface area contributed by atoms with Gasteiger partial charge in [-0.1, -0.05) is 18.2 Å².